The average Bonchev–Trinajstić information content (AvgIpc) is 3.26. The number of hydrogen-bond donors (Lipinski definition) is 2. The molecular weight excluding hydrogens is 341 g/mol. The van der Waals surface area contributed by atoms with Crippen LogP contribution in [0.25, 0.3) is 0 Å². The first kappa shape index (κ1) is 19.2. The molecule has 2 aliphatic rings. The molecule has 0 unspecified atom stereocenters. The lowest BCUT2D eigenvalue weighted by atomic mass is 10.00. The minimum Gasteiger partial charge on any atom is -0.348 e. The van der Waals surface area contributed by atoms with Crippen molar-refractivity contribution in [1.29, 1.82) is 0 Å². The van der Waals surface area contributed by atoms with E-state index < -0.39 is 11.7 Å². The molecule has 1 aromatic carbocycles. The molecule has 0 bridgehead atoms. The predicted octanol–water partition coefficient (Wildman–Crippen LogP) is 4.45. The molecule has 0 saturated heterocycles. The van der Waals surface area contributed by atoms with Gasteiger partial charge in [0.15, 0.2) is 0 Å². The lowest BCUT2D eigenvalue weighted by Gasteiger charge is -2.26. The molecule has 2 fully saturated rings. The summed E-state index contributed by atoms with van der Waals surface area (Å²) in [5, 5.41) is 6.75. The number of carbonyl (C=O) groups is 1. The maximum Gasteiger partial charge on any atom is 0.416 e. The van der Waals surface area contributed by atoms with E-state index in [1.54, 1.807) is 6.92 Å². The van der Waals surface area contributed by atoms with Crippen LogP contribution in [0, 0.1) is 0 Å². The number of nitrogens with one attached hydrogen (secondary N) is 2. The van der Waals surface area contributed by atoms with Crippen molar-refractivity contribution in [3.8, 4) is 0 Å². The molecule has 2 saturated carbocycles. The van der Waals surface area contributed by atoms with Gasteiger partial charge in [-0.15, -0.1) is 0 Å². The zero-order valence-corrected chi connectivity index (χ0v) is 15.2. The van der Waals surface area contributed by atoms with Gasteiger partial charge in [0.25, 0.3) is 5.91 Å². The van der Waals surface area contributed by atoms with Crippen molar-refractivity contribution < 1.29 is 18.0 Å². The Balaban J connectivity index is 1.68. The number of hydrogen-bond acceptors (Lipinski definition) is 2. The second-order valence-electron chi connectivity index (χ2n) is 7.49. The van der Waals surface area contributed by atoms with Crippen LogP contribution in [-0.2, 0) is 12.6 Å². The fourth-order valence-corrected chi connectivity index (χ4v) is 4.26. The van der Waals surface area contributed by atoms with Crippen molar-refractivity contribution in [3.05, 3.63) is 34.9 Å². The summed E-state index contributed by atoms with van der Waals surface area (Å²) in [7, 11) is 0. The van der Waals surface area contributed by atoms with Crippen LogP contribution in [0.5, 0.6) is 0 Å². The fraction of sp³-hybridized carbons (Fsp3) is 0.650. The highest BCUT2D eigenvalue weighted by molar-refractivity contribution is 5.96. The smallest absolute Gasteiger partial charge is 0.348 e. The topological polar surface area (TPSA) is 41.1 Å². The minimum atomic E-state index is -4.39. The van der Waals surface area contributed by atoms with Gasteiger partial charge in [0, 0.05) is 23.7 Å². The third kappa shape index (κ3) is 4.40. The Labute approximate surface area is 152 Å². The number of carbonyl (C=O) groups excluding carboxylic acids is 1. The lowest BCUT2D eigenvalue weighted by Crippen LogP contribution is -2.49. The molecule has 2 N–H and O–H groups in total. The maximum absolute atomic E-state index is 12.9. The van der Waals surface area contributed by atoms with Gasteiger partial charge in [-0.05, 0) is 62.3 Å². The molecule has 0 aromatic heterocycles. The fourth-order valence-electron chi connectivity index (χ4n) is 4.26. The molecule has 0 aliphatic heterocycles. The Kier molecular flexibility index (Phi) is 5.90. The first-order valence-corrected chi connectivity index (χ1v) is 9.65. The summed E-state index contributed by atoms with van der Waals surface area (Å²) in [6.45, 7) is 1.77. The van der Waals surface area contributed by atoms with Crippen molar-refractivity contribution in [2.24, 2.45) is 0 Å². The average molecular weight is 368 g/mol. The van der Waals surface area contributed by atoms with Crippen LogP contribution < -0.4 is 10.6 Å². The molecule has 0 heterocycles. The largest absolute Gasteiger partial charge is 0.416 e. The molecule has 2 aliphatic carbocycles. The summed E-state index contributed by atoms with van der Waals surface area (Å²) in [6, 6.07) is 4.26. The summed E-state index contributed by atoms with van der Waals surface area (Å²) in [5.74, 6) is -0.263. The molecule has 26 heavy (non-hydrogen) atoms. The van der Waals surface area contributed by atoms with E-state index in [0.29, 0.717) is 23.6 Å². The maximum atomic E-state index is 12.9. The van der Waals surface area contributed by atoms with Crippen molar-refractivity contribution >= 4 is 5.91 Å². The highest BCUT2D eigenvalue weighted by Gasteiger charge is 2.33. The van der Waals surface area contributed by atoms with Crippen LogP contribution in [0.1, 0.15) is 73.4 Å². The first-order valence-electron chi connectivity index (χ1n) is 9.65. The summed E-state index contributed by atoms with van der Waals surface area (Å²) in [6.07, 6.45) is 3.91. The van der Waals surface area contributed by atoms with Crippen LogP contribution >= 0.6 is 0 Å². The van der Waals surface area contributed by atoms with Gasteiger partial charge in [-0.3, -0.25) is 4.79 Å². The summed E-state index contributed by atoms with van der Waals surface area (Å²) in [4.78, 5) is 12.7. The highest BCUT2D eigenvalue weighted by Crippen LogP contribution is 2.31. The Morgan fingerprint density at radius 3 is 2.42 bits per heavy atom. The van der Waals surface area contributed by atoms with Gasteiger partial charge < -0.3 is 10.6 Å². The molecule has 6 heteroatoms. The van der Waals surface area contributed by atoms with Crippen LogP contribution in [-0.4, -0.2) is 24.0 Å². The van der Waals surface area contributed by atoms with Gasteiger partial charge in [0.05, 0.1) is 5.56 Å². The van der Waals surface area contributed by atoms with Crippen LogP contribution in [0.15, 0.2) is 18.2 Å². The number of alkyl halides is 3. The number of rotatable bonds is 5. The Bertz CT molecular complexity index is 638. The Hall–Kier alpha value is -1.56. The van der Waals surface area contributed by atoms with Gasteiger partial charge in [-0.25, -0.2) is 0 Å². The van der Waals surface area contributed by atoms with E-state index in [1.165, 1.54) is 31.7 Å². The van der Waals surface area contributed by atoms with Crippen LogP contribution in [0.3, 0.4) is 0 Å². The summed E-state index contributed by atoms with van der Waals surface area (Å²) < 4.78 is 38.7. The van der Waals surface area contributed by atoms with Crippen molar-refractivity contribution in [1.82, 2.24) is 10.6 Å². The molecular formula is C20H27F3N2O. The first-order chi connectivity index (χ1) is 12.4. The van der Waals surface area contributed by atoms with E-state index in [4.69, 9.17) is 0 Å². The Morgan fingerprint density at radius 2 is 1.77 bits per heavy atom. The van der Waals surface area contributed by atoms with E-state index in [9.17, 15) is 18.0 Å². The molecule has 3 nitrogen and oxygen atoms in total. The van der Waals surface area contributed by atoms with E-state index in [2.05, 4.69) is 10.6 Å². The second kappa shape index (κ2) is 7.99. The molecule has 1 aromatic rings. The van der Waals surface area contributed by atoms with Gasteiger partial charge in [-0.2, -0.15) is 13.2 Å². The second-order valence-corrected chi connectivity index (χ2v) is 7.49. The van der Waals surface area contributed by atoms with E-state index in [-0.39, 0.29) is 18.0 Å². The molecule has 0 spiro atoms. The zero-order chi connectivity index (χ0) is 18.7. The van der Waals surface area contributed by atoms with E-state index in [1.807, 2.05) is 0 Å². The van der Waals surface area contributed by atoms with Gasteiger partial charge in [0.1, 0.15) is 0 Å². The summed E-state index contributed by atoms with van der Waals surface area (Å²) in [5.41, 5.74) is 0.0928. The van der Waals surface area contributed by atoms with Crippen molar-refractivity contribution in [3.63, 3.8) is 0 Å². The molecule has 1 amide bonds. The highest BCUT2D eigenvalue weighted by atomic mass is 19.4. The predicted molar refractivity (Wildman–Crippen MR) is 95.1 cm³/mol. The third-order valence-corrected chi connectivity index (χ3v) is 5.70. The quantitative estimate of drug-likeness (QED) is 0.806. The van der Waals surface area contributed by atoms with Gasteiger partial charge in [0.2, 0.25) is 0 Å². The van der Waals surface area contributed by atoms with Gasteiger partial charge >= 0.3 is 6.18 Å². The molecule has 3 rings (SSSR count). The molecule has 2 atom stereocenters. The zero-order valence-electron chi connectivity index (χ0n) is 15.2. The van der Waals surface area contributed by atoms with Gasteiger partial charge in [-0.1, -0.05) is 19.8 Å². The van der Waals surface area contributed by atoms with Crippen LogP contribution in [0.2, 0.25) is 0 Å². The van der Waals surface area contributed by atoms with E-state index >= 15 is 0 Å². The normalized spacial score (nSPS) is 24.2. The monoisotopic (exact) mass is 368 g/mol. The van der Waals surface area contributed by atoms with E-state index in [0.717, 1.165) is 31.4 Å². The number of aryl methyl sites for hydroxylation is 1. The van der Waals surface area contributed by atoms with Crippen molar-refractivity contribution in [2.75, 3.05) is 0 Å². The third-order valence-electron chi connectivity index (χ3n) is 5.70. The molecule has 144 valence electrons. The Morgan fingerprint density at radius 1 is 1.08 bits per heavy atom. The SMILES string of the molecule is CCc1cc(C(F)(F)F)ccc1C(=O)N[C@H]1CCC[C@H]1NC1CCCC1. The summed E-state index contributed by atoms with van der Waals surface area (Å²) >= 11 is 0. The number of amides is 1. The number of halogens is 3. The standard InChI is InChI=1S/C20H27F3N2O/c1-2-13-12-14(20(21,22)23)10-11-16(13)19(26)25-18-9-5-8-17(18)24-15-6-3-4-7-15/h10-12,15,17-18,24H,2-9H2,1H3,(H,25,26)/t17-,18+/m1/s1. The van der Waals surface area contributed by atoms with Crippen molar-refractivity contribution in [2.45, 2.75) is 82.6 Å². The number of benzene rings is 1. The van der Waals surface area contributed by atoms with Crippen LogP contribution in [0.4, 0.5) is 13.2 Å². The molecule has 0 radical (unpaired) electrons. The minimum absolute atomic E-state index is 0.0510. The lowest BCUT2D eigenvalue weighted by molar-refractivity contribution is -0.137.